The van der Waals surface area contributed by atoms with Crippen molar-refractivity contribution in [3.63, 3.8) is 0 Å². The smallest absolute Gasteiger partial charge is 0.264 e. The topological polar surface area (TPSA) is 17.1 Å². The Morgan fingerprint density at radius 3 is 2.62 bits per heavy atom. The van der Waals surface area contributed by atoms with E-state index in [1.807, 2.05) is 0 Å². The van der Waals surface area contributed by atoms with Gasteiger partial charge in [0, 0.05) is 28.8 Å². The van der Waals surface area contributed by atoms with Crippen molar-refractivity contribution < 1.29 is 13.6 Å². The summed E-state index contributed by atoms with van der Waals surface area (Å²) in [4.78, 5) is 11.6. The number of Topliss-reactive ketones (excluding diaryl/α,β-unsaturated/α-hetero) is 1. The van der Waals surface area contributed by atoms with Gasteiger partial charge >= 0.3 is 0 Å². The van der Waals surface area contributed by atoms with Crippen molar-refractivity contribution >= 4 is 33.3 Å². The zero-order valence-corrected chi connectivity index (χ0v) is 10.7. The Morgan fingerprint density at radius 1 is 1.44 bits per heavy atom. The van der Waals surface area contributed by atoms with E-state index in [-0.39, 0.29) is 29.2 Å². The highest BCUT2D eigenvalue weighted by molar-refractivity contribution is 9.08. The first-order valence-corrected chi connectivity index (χ1v) is 6.32. The van der Waals surface area contributed by atoms with E-state index in [2.05, 4.69) is 15.9 Å². The number of hydrogen-bond acceptors (Lipinski definition) is 1. The van der Waals surface area contributed by atoms with Crippen molar-refractivity contribution in [2.24, 2.45) is 0 Å². The molecule has 0 amide bonds. The molecule has 0 spiro atoms. The van der Waals surface area contributed by atoms with Gasteiger partial charge in [-0.1, -0.05) is 34.1 Å². The van der Waals surface area contributed by atoms with Gasteiger partial charge in [0.2, 0.25) is 0 Å². The zero-order valence-electron chi connectivity index (χ0n) is 8.35. The Kier molecular flexibility index (Phi) is 5.35. The van der Waals surface area contributed by atoms with Gasteiger partial charge in [0.15, 0.2) is 5.78 Å². The second-order valence-corrected chi connectivity index (χ2v) is 4.11. The van der Waals surface area contributed by atoms with Crippen LogP contribution in [0.25, 0.3) is 0 Å². The molecule has 0 bridgehead atoms. The lowest BCUT2D eigenvalue weighted by molar-refractivity contribution is 0.0974. The molecule has 0 aliphatic rings. The van der Waals surface area contributed by atoms with Crippen LogP contribution in [0.5, 0.6) is 0 Å². The first-order valence-electron chi connectivity index (χ1n) is 4.66. The number of benzene rings is 1. The van der Waals surface area contributed by atoms with Crippen molar-refractivity contribution in [3.8, 4) is 0 Å². The Labute approximate surface area is 106 Å². The van der Waals surface area contributed by atoms with Gasteiger partial charge in [-0.05, 0) is 5.56 Å². The van der Waals surface area contributed by atoms with Gasteiger partial charge in [0.05, 0.1) is 0 Å². The van der Waals surface area contributed by atoms with Crippen LogP contribution in [0.15, 0.2) is 18.2 Å². The van der Waals surface area contributed by atoms with E-state index in [0.29, 0.717) is 10.9 Å². The molecule has 0 heterocycles. The molecule has 88 valence electrons. The monoisotopic (exact) mass is 310 g/mol. The fourth-order valence-electron chi connectivity index (χ4n) is 1.45. The van der Waals surface area contributed by atoms with Crippen molar-refractivity contribution in [2.75, 3.05) is 5.88 Å². The molecule has 1 aromatic carbocycles. The minimum Gasteiger partial charge on any atom is -0.294 e. The van der Waals surface area contributed by atoms with Crippen LogP contribution in [0.2, 0.25) is 0 Å². The van der Waals surface area contributed by atoms with Gasteiger partial charge in [-0.2, -0.15) is 0 Å². The first-order chi connectivity index (χ1) is 7.61. The summed E-state index contributed by atoms with van der Waals surface area (Å²) in [5.41, 5.74) is 0.331. The molecule has 1 aromatic rings. The van der Waals surface area contributed by atoms with Crippen molar-refractivity contribution in [3.05, 3.63) is 34.9 Å². The summed E-state index contributed by atoms with van der Waals surface area (Å²) in [5.74, 6) is -0.201. The van der Waals surface area contributed by atoms with E-state index < -0.39 is 6.43 Å². The van der Waals surface area contributed by atoms with E-state index in [4.69, 9.17) is 11.6 Å². The molecule has 0 aliphatic carbocycles. The number of hydrogen-bond donors (Lipinski definition) is 0. The first kappa shape index (κ1) is 13.6. The van der Waals surface area contributed by atoms with Crippen LogP contribution in [-0.2, 0) is 5.33 Å². The number of ketones is 1. The molecule has 16 heavy (non-hydrogen) atoms. The van der Waals surface area contributed by atoms with Gasteiger partial charge in [-0.15, -0.1) is 11.6 Å². The van der Waals surface area contributed by atoms with Crippen LogP contribution in [0.3, 0.4) is 0 Å². The van der Waals surface area contributed by atoms with E-state index in [0.717, 1.165) is 0 Å². The maximum Gasteiger partial charge on any atom is 0.264 e. The quantitative estimate of drug-likeness (QED) is 0.584. The van der Waals surface area contributed by atoms with Crippen LogP contribution in [-0.4, -0.2) is 11.7 Å². The largest absolute Gasteiger partial charge is 0.294 e. The predicted molar refractivity (Wildman–Crippen MR) is 63.7 cm³/mol. The molecular weight excluding hydrogens is 301 g/mol. The molecule has 0 unspecified atom stereocenters. The summed E-state index contributed by atoms with van der Waals surface area (Å²) in [7, 11) is 0. The third kappa shape index (κ3) is 3.01. The Bertz CT molecular complexity index is 382. The summed E-state index contributed by atoms with van der Waals surface area (Å²) in [6.07, 6.45) is -2.57. The second-order valence-electron chi connectivity index (χ2n) is 3.17. The fourth-order valence-corrected chi connectivity index (χ4v) is 2.11. The molecular formula is C11H10BrClF2O. The van der Waals surface area contributed by atoms with Gasteiger partial charge in [0.25, 0.3) is 6.43 Å². The number of alkyl halides is 4. The van der Waals surface area contributed by atoms with E-state index >= 15 is 0 Å². The summed E-state index contributed by atoms with van der Waals surface area (Å²) < 4.78 is 25.7. The summed E-state index contributed by atoms with van der Waals surface area (Å²) >= 11 is 8.56. The van der Waals surface area contributed by atoms with Crippen molar-refractivity contribution in [1.82, 2.24) is 0 Å². The molecule has 0 radical (unpaired) electrons. The predicted octanol–water partition coefficient (Wildman–Crippen LogP) is 4.33. The average Bonchev–Trinajstić information content (AvgIpc) is 2.28. The molecule has 0 aromatic heterocycles. The number of carbonyl (C=O) groups is 1. The lowest BCUT2D eigenvalue weighted by atomic mass is 9.98. The SMILES string of the molecule is O=C(CCCl)c1cccc(CBr)c1C(F)F. The van der Waals surface area contributed by atoms with Crippen LogP contribution >= 0.6 is 27.5 Å². The van der Waals surface area contributed by atoms with Gasteiger partial charge in [-0.3, -0.25) is 4.79 Å². The second kappa shape index (κ2) is 6.30. The summed E-state index contributed by atoms with van der Waals surface area (Å²) in [6.45, 7) is 0. The van der Waals surface area contributed by atoms with Gasteiger partial charge in [0.1, 0.15) is 0 Å². The van der Waals surface area contributed by atoms with E-state index in [1.54, 1.807) is 12.1 Å². The Balaban J connectivity index is 3.22. The molecule has 0 N–H and O–H groups in total. The number of carbonyl (C=O) groups excluding carboxylic acids is 1. The molecule has 0 atom stereocenters. The standard InChI is InChI=1S/C11H10BrClF2O/c12-6-7-2-1-3-8(9(16)4-5-13)10(7)11(14)15/h1-3,11H,4-6H2. The molecule has 0 saturated heterocycles. The van der Waals surface area contributed by atoms with Gasteiger partial charge < -0.3 is 0 Å². The van der Waals surface area contributed by atoms with Crippen molar-refractivity contribution in [2.45, 2.75) is 18.2 Å². The van der Waals surface area contributed by atoms with Crippen LogP contribution in [0, 0.1) is 0 Å². The zero-order chi connectivity index (χ0) is 12.1. The maximum atomic E-state index is 12.9. The van der Waals surface area contributed by atoms with E-state index in [9.17, 15) is 13.6 Å². The molecule has 0 saturated carbocycles. The normalized spacial score (nSPS) is 10.8. The Morgan fingerprint density at radius 2 is 2.12 bits per heavy atom. The third-order valence-corrected chi connectivity index (χ3v) is 2.97. The van der Waals surface area contributed by atoms with Gasteiger partial charge in [-0.25, -0.2) is 8.78 Å². The summed E-state index contributed by atoms with van der Waals surface area (Å²) in [5, 5.41) is 0.300. The van der Waals surface area contributed by atoms with Crippen LogP contribution in [0.1, 0.15) is 34.3 Å². The Hall–Kier alpha value is -0.480. The molecule has 0 aliphatic heterocycles. The number of halogens is 4. The van der Waals surface area contributed by atoms with E-state index in [1.165, 1.54) is 6.07 Å². The molecule has 1 rings (SSSR count). The maximum absolute atomic E-state index is 12.9. The molecule has 5 heteroatoms. The fraction of sp³-hybridized carbons (Fsp3) is 0.364. The molecule has 1 nitrogen and oxygen atoms in total. The minimum absolute atomic E-state index is 0.0764. The highest BCUT2D eigenvalue weighted by Crippen LogP contribution is 2.29. The highest BCUT2D eigenvalue weighted by atomic mass is 79.9. The van der Waals surface area contributed by atoms with Crippen LogP contribution in [0.4, 0.5) is 8.78 Å². The molecule has 0 fully saturated rings. The minimum atomic E-state index is -2.65. The third-order valence-electron chi connectivity index (χ3n) is 2.18. The highest BCUT2D eigenvalue weighted by Gasteiger charge is 2.20. The summed E-state index contributed by atoms with van der Waals surface area (Å²) in [6, 6.07) is 4.60. The van der Waals surface area contributed by atoms with Crippen LogP contribution < -0.4 is 0 Å². The van der Waals surface area contributed by atoms with Crippen molar-refractivity contribution in [1.29, 1.82) is 0 Å². The number of rotatable bonds is 5. The average molecular weight is 312 g/mol. The lowest BCUT2D eigenvalue weighted by Gasteiger charge is -2.11. The lowest BCUT2D eigenvalue weighted by Crippen LogP contribution is -2.07.